The Kier molecular flexibility index (Phi) is 4.34. The number of aromatic nitrogens is 2. The Bertz CT molecular complexity index is 634. The normalized spacial score (nSPS) is 10.7. The highest BCUT2D eigenvalue weighted by Gasteiger charge is 2.12. The van der Waals surface area contributed by atoms with Gasteiger partial charge < -0.3 is 10.4 Å². The van der Waals surface area contributed by atoms with Gasteiger partial charge in [-0.1, -0.05) is 0 Å². The topological polar surface area (TPSA) is 95.1 Å². The van der Waals surface area contributed by atoms with E-state index in [0.717, 1.165) is 16.5 Å². The number of nitrogens with zero attached hydrogens (tertiary/aromatic N) is 1. The van der Waals surface area contributed by atoms with E-state index >= 15 is 0 Å². The Morgan fingerprint density at radius 3 is 2.90 bits per heavy atom. The van der Waals surface area contributed by atoms with Gasteiger partial charge in [-0.05, 0) is 37.5 Å². The molecule has 0 saturated carbocycles. The number of benzene rings is 1. The molecule has 6 heteroatoms. The molecule has 0 spiro atoms. The van der Waals surface area contributed by atoms with E-state index in [2.05, 4.69) is 15.5 Å². The zero-order valence-electron chi connectivity index (χ0n) is 11.3. The van der Waals surface area contributed by atoms with Crippen LogP contribution in [0, 0.1) is 6.92 Å². The predicted molar refractivity (Wildman–Crippen MR) is 74.7 cm³/mol. The van der Waals surface area contributed by atoms with E-state index in [1.165, 1.54) is 0 Å². The van der Waals surface area contributed by atoms with E-state index < -0.39 is 5.97 Å². The van der Waals surface area contributed by atoms with Gasteiger partial charge in [-0.15, -0.1) is 0 Å². The lowest BCUT2D eigenvalue weighted by Crippen LogP contribution is -2.25. The molecule has 2 aromatic rings. The Morgan fingerprint density at radius 2 is 2.15 bits per heavy atom. The number of aryl methyl sites for hydroxylation is 1. The van der Waals surface area contributed by atoms with E-state index in [9.17, 15) is 9.59 Å². The van der Waals surface area contributed by atoms with Crippen LogP contribution >= 0.6 is 0 Å². The van der Waals surface area contributed by atoms with Crippen LogP contribution in [0.15, 0.2) is 18.3 Å². The molecule has 0 atom stereocenters. The van der Waals surface area contributed by atoms with Gasteiger partial charge >= 0.3 is 5.97 Å². The summed E-state index contributed by atoms with van der Waals surface area (Å²) in [6.07, 6.45) is 3.02. The molecule has 0 aliphatic heterocycles. The van der Waals surface area contributed by atoms with Crippen LogP contribution in [-0.4, -0.2) is 33.7 Å². The fourth-order valence-electron chi connectivity index (χ4n) is 2.08. The summed E-state index contributed by atoms with van der Waals surface area (Å²) in [5.74, 6) is -0.979. The zero-order valence-corrected chi connectivity index (χ0v) is 11.3. The third-order valence-corrected chi connectivity index (χ3v) is 3.04. The van der Waals surface area contributed by atoms with Crippen molar-refractivity contribution in [2.75, 3.05) is 6.54 Å². The van der Waals surface area contributed by atoms with Crippen LogP contribution in [0.5, 0.6) is 0 Å². The number of unbranched alkanes of at least 4 members (excludes halogenated alkanes) is 1. The standard InChI is InChI=1S/C14H17N3O3/c1-9-6-10-8-16-17-13(10)11(7-9)14(20)15-5-3-2-4-12(18)19/h6-8H,2-5H2,1H3,(H,15,20)(H,16,17)(H,18,19). The molecule has 0 aliphatic rings. The van der Waals surface area contributed by atoms with Crippen molar-refractivity contribution in [3.05, 3.63) is 29.5 Å². The maximum absolute atomic E-state index is 12.1. The van der Waals surface area contributed by atoms with Crippen LogP contribution in [0.4, 0.5) is 0 Å². The molecule has 106 valence electrons. The van der Waals surface area contributed by atoms with Gasteiger partial charge in [0, 0.05) is 18.4 Å². The Balaban J connectivity index is 1.97. The summed E-state index contributed by atoms with van der Waals surface area (Å²) in [4.78, 5) is 22.5. The Hall–Kier alpha value is -2.37. The smallest absolute Gasteiger partial charge is 0.303 e. The summed E-state index contributed by atoms with van der Waals surface area (Å²) < 4.78 is 0. The van der Waals surface area contributed by atoms with Crippen LogP contribution in [0.1, 0.15) is 35.2 Å². The Labute approximate surface area is 116 Å². The summed E-state index contributed by atoms with van der Waals surface area (Å²) in [6.45, 7) is 2.39. The molecular weight excluding hydrogens is 258 g/mol. The van der Waals surface area contributed by atoms with Gasteiger partial charge in [-0.25, -0.2) is 0 Å². The first kappa shape index (κ1) is 14.0. The molecule has 0 fully saturated rings. The van der Waals surface area contributed by atoms with Crippen LogP contribution in [-0.2, 0) is 4.79 Å². The van der Waals surface area contributed by atoms with Crippen LogP contribution in [0.2, 0.25) is 0 Å². The number of carboxylic acid groups (broad SMARTS) is 1. The molecule has 0 unspecified atom stereocenters. The van der Waals surface area contributed by atoms with Crippen molar-refractivity contribution in [3.63, 3.8) is 0 Å². The van der Waals surface area contributed by atoms with Crippen LogP contribution in [0.25, 0.3) is 10.9 Å². The average molecular weight is 275 g/mol. The number of carboxylic acids is 1. The highest BCUT2D eigenvalue weighted by atomic mass is 16.4. The summed E-state index contributed by atoms with van der Waals surface area (Å²) in [5.41, 5.74) is 2.28. The number of amides is 1. The third-order valence-electron chi connectivity index (χ3n) is 3.04. The molecule has 0 radical (unpaired) electrons. The predicted octanol–water partition coefficient (Wildman–Crippen LogP) is 1.86. The maximum atomic E-state index is 12.1. The minimum absolute atomic E-state index is 0.130. The van der Waals surface area contributed by atoms with Crippen molar-refractivity contribution in [2.45, 2.75) is 26.2 Å². The number of aromatic amines is 1. The number of nitrogens with one attached hydrogen (secondary N) is 2. The van der Waals surface area contributed by atoms with Gasteiger partial charge in [0.05, 0.1) is 17.3 Å². The molecular formula is C14H17N3O3. The van der Waals surface area contributed by atoms with E-state index in [-0.39, 0.29) is 12.3 Å². The number of hydrogen-bond acceptors (Lipinski definition) is 3. The lowest BCUT2D eigenvalue weighted by Gasteiger charge is -2.06. The average Bonchev–Trinajstić information content (AvgIpc) is 2.84. The van der Waals surface area contributed by atoms with Crippen molar-refractivity contribution in [3.8, 4) is 0 Å². The second-order valence-corrected chi connectivity index (χ2v) is 4.75. The van der Waals surface area contributed by atoms with Crippen molar-refractivity contribution >= 4 is 22.8 Å². The monoisotopic (exact) mass is 275 g/mol. The summed E-state index contributed by atoms with van der Waals surface area (Å²) in [5, 5.41) is 19.0. The van der Waals surface area contributed by atoms with Gasteiger partial charge in [-0.2, -0.15) is 5.10 Å². The van der Waals surface area contributed by atoms with Gasteiger partial charge in [0.1, 0.15) is 0 Å². The van der Waals surface area contributed by atoms with E-state index in [0.29, 0.717) is 24.9 Å². The number of fused-ring (bicyclic) bond motifs is 1. The molecule has 0 bridgehead atoms. The van der Waals surface area contributed by atoms with Crippen LogP contribution in [0.3, 0.4) is 0 Å². The number of carbonyl (C=O) groups excluding carboxylic acids is 1. The third kappa shape index (κ3) is 3.34. The highest BCUT2D eigenvalue weighted by Crippen LogP contribution is 2.18. The fraction of sp³-hybridized carbons (Fsp3) is 0.357. The molecule has 0 saturated heterocycles. The number of rotatable bonds is 6. The second kappa shape index (κ2) is 6.18. The highest BCUT2D eigenvalue weighted by molar-refractivity contribution is 6.05. The first-order valence-electron chi connectivity index (χ1n) is 6.51. The van der Waals surface area contributed by atoms with E-state index in [4.69, 9.17) is 5.11 Å². The summed E-state index contributed by atoms with van der Waals surface area (Å²) >= 11 is 0. The molecule has 1 aromatic carbocycles. The second-order valence-electron chi connectivity index (χ2n) is 4.75. The van der Waals surface area contributed by atoms with Crippen molar-refractivity contribution in [1.82, 2.24) is 15.5 Å². The van der Waals surface area contributed by atoms with Gasteiger partial charge in [-0.3, -0.25) is 14.7 Å². The van der Waals surface area contributed by atoms with Crippen LogP contribution < -0.4 is 5.32 Å². The number of hydrogen-bond donors (Lipinski definition) is 3. The van der Waals surface area contributed by atoms with Crippen molar-refractivity contribution in [2.24, 2.45) is 0 Å². The largest absolute Gasteiger partial charge is 0.481 e. The lowest BCUT2D eigenvalue weighted by atomic mass is 10.1. The zero-order chi connectivity index (χ0) is 14.5. The minimum atomic E-state index is -0.811. The lowest BCUT2D eigenvalue weighted by molar-refractivity contribution is -0.137. The molecule has 1 heterocycles. The first-order valence-corrected chi connectivity index (χ1v) is 6.51. The quantitative estimate of drug-likeness (QED) is 0.701. The molecule has 20 heavy (non-hydrogen) atoms. The number of carbonyl (C=O) groups is 2. The molecule has 3 N–H and O–H groups in total. The molecule has 6 nitrogen and oxygen atoms in total. The number of aliphatic carboxylic acids is 1. The van der Waals surface area contributed by atoms with Crippen molar-refractivity contribution in [1.29, 1.82) is 0 Å². The molecule has 1 amide bonds. The molecule has 0 aliphatic carbocycles. The van der Waals surface area contributed by atoms with Gasteiger partial charge in [0.2, 0.25) is 0 Å². The van der Waals surface area contributed by atoms with Gasteiger partial charge in [0.15, 0.2) is 0 Å². The molecule has 1 aromatic heterocycles. The van der Waals surface area contributed by atoms with E-state index in [1.807, 2.05) is 19.1 Å². The van der Waals surface area contributed by atoms with E-state index in [1.54, 1.807) is 6.20 Å². The van der Waals surface area contributed by atoms with Crippen molar-refractivity contribution < 1.29 is 14.7 Å². The SMILES string of the molecule is Cc1cc(C(=O)NCCCCC(=O)O)c2[nH]ncc2c1. The molecule has 2 rings (SSSR count). The number of H-pyrrole nitrogens is 1. The summed E-state index contributed by atoms with van der Waals surface area (Å²) in [6, 6.07) is 3.77. The first-order chi connectivity index (χ1) is 9.58. The maximum Gasteiger partial charge on any atom is 0.303 e. The van der Waals surface area contributed by atoms with Gasteiger partial charge in [0.25, 0.3) is 5.91 Å². The summed E-state index contributed by atoms with van der Waals surface area (Å²) in [7, 11) is 0. The fourth-order valence-corrected chi connectivity index (χ4v) is 2.08. The Morgan fingerprint density at radius 1 is 1.35 bits per heavy atom. The minimum Gasteiger partial charge on any atom is -0.481 e.